The number of aryl methyl sites for hydroxylation is 1. The zero-order chi connectivity index (χ0) is 18.7. The third-order valence-electron chi connectivity index (χ3n) is 3.66. The number of carbonyl (C=O) groups is 1. The molecule has 0 spiro atoms. The van der Waals surface area contributed by atoms with Crippen molar-refractivity contribution in [2.75, 3.05) is 0 Å². The molecule has 0 atom stereocenters. The van der Waals surface area contributed by atoms with Crippen molar-refractivity contribution in [3.8, 4) is 0 Å². The van der Waals surface area contributed by atoms with E-state index in [0.29, 0.717) is 11.0 Å². The first-order chi connectivity index (χ1) is 12.5. The Morgan fingerprint density at radius 1 is 1.23 bits per heavy atom. The quantitative estimate of drug-likeness (QED) is 0.441. The van der Waals surface area contributed by atoms with Gasteiger partial charge in [0.05, 0.1) is 22.1 Å². The summed E-state index contributed by atoms with van der Waals surface area (Å²) in [5, 5.41) is 14.8. The van der Waals surface area contributed by atoms with Crippen LogP contribution in [0.4, 0.5) is 5.69 Å². The van der Waals surface area contributed by atoms with Crippen LogP contribution >= 0.6 is 0 Å². The molecule has 8 heteroatoms. The minimum atomic E-state index is -0.558. The number of hydrogen-bond donors (Lipinski definition) is 1. The molecular weight excluding hydrogens is 338 g/mol. The van der Waals surface area contributed by atoms with Crippen molar-refractivity contribution in [2.45, 2.75) is 6.92 Å². The predicted octanol–water partition coefficient (Wildman–Crippen LogP) is 2.77. The molecule has 3 aromatic rings. The lowest BCUT2D eigenvalue weighted by molar-refractivity contribution is -0.384. The van der Waals surface area contributed by atoms with Gasteiger partial charge < -0.3 is 4.42 Å². The lowest BCUT2D eigenvalue weighted by atomic mass is 10.1. The molecule has 1 amide bonds. The fourth-order valence-electron chi connectivity index (χ4n) is 2.31. The van der Waals surface area contributed by atoms with Crippen LogP contribution in [0.15, 0.2) is 63.0 Å². The van der Waals surface area contributed by atoms with Gasteiger partial charge in [0, 0.05) is 17.7 Å². The average Bonchev–Trinajstić information content (AvgIpc) is 2.64. The largest absolute Gasteiger partial charge is 0.463 e. The Morgan fingerprint density at radius 2 is 1.96 bits per heavy atom. The first-order valence-corrected chi connectivity index (χ1v) is 7.56. The molecule has 0 aliphatic rings. The molecule has 3 rings (SSSR count). The van der Waals surface area contributed by atoms with Gasteiger partial charge in [0.2, 0.25) is 5.43 Å². The smallest absolute Gasteiger partial charge is 0.271 e. The van der Waals surface area contributed by atoms with Crippen LogP contribution in [0, 0.1) is 17.0 Å². The monoisotopic (exact) mass is 351 g/mol. The van der Waals surface area contributed by atoms with E-state index in [0.717, 1.165) is 5.56 Å². The van der Waals surface area contributed by atoms with E-state index in [1.54, 1.807) is 12.1 Å². The summed E-state index contributed by atoms with van der Waals surface area (Å²) >= 11 is 0. The van der Waals surface area contributed by atoms with Gasteiger partial charge in [-0.1, -0.05) is 11.6 Å². The van der Waals surface area contributed by atoms with Crippen LogP contribution in [-0.2, 0) is 0 Å². The van der Waals surface area contributed by atoms with Gasteiger partial charge in [-0.15, -0.1) is 0 Å². The third-order valence-corrected chi connectivity index (χ3v) is 3.66. The molecular formula is C18H13N3O5. The zero-order valence-electron chi connectivity index (χ0n) is 13.6. The molecule has 0 aliphatic heterocycles. The Bertz CT molecular complexity index is 1080. The van der Waals surface area contributed by atoms with E-state index in [-0.39, 0.29) is 22.2 Å². The van der Waals surface area contributed by atoms with Crippen LogP contribution in [0.1, 0.15) is 21.5 Å². The number of benzene rings is 2. The molecule has 0 bridgehead atoms. The molecule has 0 radical (unpaired) electrons. The van der Waals surface area contributed by atoms with Gasteiger partial charge in [-0.3, -0.25) is 19.7 Å². The van der Waals surface area contributed by atoms with Gasteiger partial charge >= 0.3 is 0 Å². The van der Waals surface area contributed by atoms with E-state index < -0.39 is 10.8 Å². The molecule has 130 valence electrons. The summed E-state index contributed by atoms with van der Waals surface area (Å²) in [4.78, 5) is 34.4. The van der Waals surface area contributed by atoms with Gasteiger partial charge in [0.1, 0.15) is 11.8 Å². The van der Waals surface area contributed by atoms with Crippen molar-refractivity contribution >= 4 is 28.8 Å². The predicted molar refractivity (Wildman–Crippen MR) is 95.4 cm³/mol. The molecule has 0 fully saturated rings. The van der Waals surface area contributed by atoms with Gasteiger partial charge in [-0.05, 0) is 31.2 Å². The van der Waals surface area contributed by atoms with Crippen molar-refractivity contribution in [1.29, 1.82) is 0 Å². The van der Waals surface area contributed by atoms with Crippen LogP contribution < -0.4 is 10.9 Å². The molecule has 0 saturated heterocycles. The van der Waals surface area contributed by atoms with E-state index >= 15 is 0 Å². The molecule has 0 saturated carbocycles. The number of non-ortho nitro benzene ring substituents is 1. The highest BCUT2D eigenvalue weighted by Crippen LogP contribution is 2.13. The summed E-state index contributed by atoms with van der Waals surface area (Å²) in [6.45, 7) is 1.87. The van der Waals surface area contributed by atoms with Crippen molar-refractivity contribution < 1.29 is 14.1 Å². The molecule has 1 heterocycles. The van der Waals surface area contributed by atoms with E-state index in [1.807, 2.05) is 13.0 Å². The number of hydrogen-bond acceptors (Lipinski definition) is 6. The summed E-state index contributed by atoms with van der Waals surface area (Å²) in [5.74, 6) is -0.558. The maximum absolute atomic E-state index is 12.4. The minimum Gasteiger partial charge on any atom is -0.463 e. The highest BCUT2D eigenvalue weighted by molar-refractivity contribution is 5.95. The number of carbonyl (C=O) groups excluding carboxylic acids is 1. The Morgan fingerprint density at radius 3 is 2.65 bits per heavy atom. The number of nitrogens with zero attached hydrogens (tertiary/aromatic N) is 2. The Hall–Kier alpha value is -3.81. The van der Waals surface area contributed by atoms with Crippen molar-refractivity contribution in [2.24, 2.45) is 5.10 Å². The first-order valence-electron chi connectivity index (χ1n) is 7.56. The number of rotatable bonds is 4. The molecule has 0 unspecified atom stereocenters. The zero-order valence-corrected chi connectivity index (χ0v) is 13.6. The second kappa shape index (κ2) is 6.98. The molecule has 26 heavy (non-hydrogen) atoms. The summed E-state index contributed by atoms with van der Waals surface area (Å²) < 4.78 is 5.39. The van der Waals surface area contributed by atoms with E-state index in [9.17, 15) is 19.7 Å². The Balaban J connectivity index is 1.77. The van der Waals surface area contributed by atoms with Crippen LogP contribution in [0.3, 0.4) is 0 Å². The summed E-state index contributed by atoms with van der Waals surface area (Å²) in [7, 11) is 0. The topological polar surface area (TPSA) is 115 Å². The second-order valence-electron chi connectivity index (χ2n) is 5.52. The van der Waals surface area contributed by atoms with Gasteiger partial charge in [0.25, 0.3) is 11.6 Å². The number of nitrogens with one attached hydrogen (secondary N) is 1. The standard InChI is InChI=1S/C18H13N3O5/c1-11-2-7-16-15(8-11)17(22)13(10-26-16)9-19-20-18(23)12-3-5-14(6-4-12)21(24)25/h2-10H,1H3,(H,20,23)/b19-9+. The minimum absolute atomic E-state index is 0.117. The maximum Gasteiger partial charge on any atom is 0.271 e. The molecule has 0 aliphatic carbocycles. The van der Waals surface area contributed by atoms with Crippen molar-refractivity contribution in [3.63, 3.8) is 0 Å². The van der Waals surface area contributed by atoms with Gasteiger partial charge in [-0.2, -0.15) is 5.10 Å². The highest BCUT2D eigenvalue weighted by Gasteiger charge is 2.09. The summed E-state index contributed by atoms with van der Waals surface area (Å²) in [5.41, 5.74) is 3.66. The first kappa shape index (κ1) is 17.0. The van der Waals surface area contributed by atoms with Gasteiger partial charge in [-0.25, -0.2) is 5.43 Å². The maximum atomic E-state index is 12.4. The van der Waals surface area contributed by atoms with Gasteiger partial charge in [0.15, 0.2) is 0 Å². The van der Waals surface area contributed by atoms with E-state index in [1.165, 1.54) is 36.7 Å². The Kier molecular flexibility index (Phi) is 4.57. The number of hydrazone groups is 1. The SMILES string of the molecule is Cc1ccc2occ(/C=N/NC(=O)c3ccc([N+](=O)[O-])cc3)c(=O)c2c1. The molecule has 2 aromatic carbocycles. The average molecular weight is 351 g/mol. The summed E-state index contributed by atoms with van der Waals surface area (Å²) in [6.07, 6.45) is 2.46. The van der Waals surface area contributed by atoms with E-state index in [4.69, 9.17) is 4.42 Å². The number of amides is 1. The van der Waals surface area contributed by atoms with E-state index in [2.05, 4.69) is 10.5 Å². The normalized spacial score (nSPS) is 11.0. The van der Waals surface area contributed by atoms with Crippen LogP contribution in [-0.4, -0.2) is 17.0 Å². The van der Waals surface area contributed by atoms with Crippen molar-refractivity contribution in [1.82, 2.24) is 5.43 Å². The van der Waals surface area contributed by atoms with Crippen LogP contribution in [0.5, 0.6) is 0 Å². The lowest BCUT2D eigenvalue weighted by Gasteiger charge is -2.01. The van der Waals surface area contributed by atoms with Crippen LogP contribution in [0.2, 0.25) is 0 Å². The number of nitro groups is 1. The lowest BCUT2D eigenvalue weighted by Crippen LogP contribution is -2.18. The number of nitro benzene ring substituents is 1. The summed E-state index contributed by atoms with van der Waals surface area (Å²) in [6, 6.07) is 10.3. The second-order valence-corrected chi connectivity index (χ2v) is 5.52. The van der Waals surface area contributed by atoms with Crippen LogP contribution in [0.25, 0.3) is 11.0 Å². The fourth-order valence-corrected chi connectivity index (χ4v) is 2.31. The molecule has 8 nitrogen and oxygen atoms in total. The molecule has 1 N–H and O–H groups in total. The third kappa shape index (κ3) is 3.48. The number of fused-ring (bicyclic) bond motifs is 1. The fraction of sp³-hybridized carbons (Fsp3) is 0.0556. The van der Waals surface area contributed by atoms with Crippen molar-refractivity contribution in [3.05, 3.63) is 85.8 Å². The molecule has 1 aromatic heterocycles. The highest BCUT2D eigenvalue weighted by atomic mass is 16.6. The Labute approximate surface area is 146 Å².